The van der Waals surface area contributed by atoms with E-state index in [4.69, 9.17) is 13.9 Å². The molecule has 174 valence electrons. The minimum Gasteiger partial charge on any atom is -0.484 e. The highest BCUT2D eigenvalue weighted by molar-refractivity contribution is 5.77. The Bertz CT molecular complexity index is 922. The van der Waals surface area contributed by atoms with Crippen LogP contribution in [-0.4, -0.2) is 41.7 Å². The highest BCUT2D eigenvalue weighted by Gasteiger charge is 2.52. The maximum atomic E-state index is 12.9. The van der Waals surface area contributed by atoms with Gasteiger partial charge in [0.05, 0.1) is 12.6 Å². The minimum atomic E-state index is -4.80. The topological polar surface area (TPSA) is 95.7 Å². The van der Waals surface area contributed by atoms with Crippen molar-refractivity contribution >= 4 is 5.91 Å². The smallest absolute Gasteiger partial charge is 0.484 e. The molecule has 1 aromatic carbocycles. The van der Waals surface area contributed by atoms with Gasteiger partial charge >= 0.3 is 6.36 Å². The number of ether oxygens (including phenoxy) is 3. The van der Waals surface area contributed by atoms with Crippen LogP contribution in [0.2, 0.25) is 0 Å². The Kier molecular flexibility index (Phi) is 6.33. The first-order valence-corrected chi connectivity index (χ1v) is 10.1. The number of nitrogens with one attached hydrogen (secondary N) is 1. The van der Waals surface area contributed by atoms with Crippen molar-refractivity contribution in [2.24, 2.45) is 0 Å². The predicted octanol–water partition coefficient (Wildman–Crippen LogP) is 3.54. The molecule has 8 nitrogen and oxygen atoms in total. The van der Waals surface area contributed by atoms with E-state index in [9.17, 15) is 22.4 Å². The fourth-order valence-corrected chi connectivity index (χ4v) is 3.64. The van der Waals surface area contributed by atoms with Crippen LogP contribution in [0, 0.1) is 5.82 Å². The molecule has 0 bridgehead atoms. The van der Waals surface area contributed by atoms with Crippen LogP contribution in [-0.2, 0) is 19.9 Å². The number of amides is 1. The summed E-state index contributed by atoms with van der Waals surface area (Å²) in [6.07, 6.45) is -3.56. The lowest BCUT2D eigenvalue weighted by Gasteiger charge is -2.38. The molecule has 1 N–H and O–H groups in total. The molecule has 4 rings (SSSR count). The second-order valence-electron chi connectivity index (χ2n) is 7.75. The predicted molar refractivity (Wildman–Crippen MR) is 98.7 cm³/mol. The third-order valence-corrected chi connectivity index (χ3v) is 5.40. The first kappa shape index (κ1) is 22.5. The van der Waals surface area contributed by atoms with Crippen molar-refractivity contribution in [1.82, 2.24) is 15.5 Å². The van der Waals surface area contributed by atoms with Crippen LogP contribution in [0.3, 0.4) is 0 Å². The van der Waals surface area contributed by atoms with Crippen LogP contribution >= 0.6 is 0 Å². The van der Waals surface area contributed by atoms with E-state index in [0.717, 1.165) is 0 Å². The van der Waals surface area contributed by atoms with Gasteiger partial charge in [0.15, 0.2) is 12.2 Å². The van der Waals surface area contributed by atoms with Crippen molar-refractivity contribution in [2.75, 3.05) is 13.2 Å². The Balaban J connectivity index is 1.25. The second kappa shape index (κ2) is 9.02. The Morgan fingerprint density at radius 3 is 2.53 bits per heavy atom. The summed E-state index contributed by atoms with van der Waals surface area (Å²) in [5.74, 6) is -0.514. The zero-order chi connectivity index (χ0) is 22.8. The van der Waals surface area contributed by atoms with Crippen LogP contribution in [0.1, 0.15) is 50.0 Å². The van der Waals surface area contributed by atoms with E-state index < -0.39 is 23.9 Å². The van der Waals surface area contributed by atoms with Crippen molar-refractivity contribution in [3.8, 4) is 5.75 Å². The third-order valence-electron chi connectivity index (χ3n) is 5.40. The molecule has 1 aliphatic heterocycles. The number of alkyl halides is 3. The first-order chi connectivity index (χ1) is 15.2. The van der Waals surface area contributed by atoms with E-state index in [-0.39, 0.29) is 49.8 Å². The summed E-state index contributed by atoms with van der Waals surface area (Å²) >= 11 is 0. The van der Waals surface area contributed by atoms with Crippen LogP contribution in [0.25, 0.3) is 0 Å². The molecule has 12 heteroatoms. The Hall–Kier alpha value is -2.73. The maximum Gasteiger partial charge on any atom is 0.523 e. The number of hydrogen-bond acceptors (Lipinski definition) is 7. The zero-order valence-corrected chi connectivity index (χ0v) is 16.9. The van der Waals surface area contributed by atoms with E-state index in [0.29, 0.717) is 25.0 Å². The zero-order valence-electron chi connectivity index (χ0n) is 16.9. The summed E-state index contributed by atoms with van der Waals surface area (Å²) in [5, 5.41) is 10.4. The molecule has 1 amide bonds. The van der Waals surface area contributed by atoms with Gasteiger partial charge in [-0.3, -0.25) is 9.53 Å². The van der Waals surface area contributed by atoms with Gasteiger partial charge in [0.1, 0.15) is 17.7 Å². The van der Waals surface area contributed by atoms with Gasteiger partial charge in [-0.15, -0.1) is 23.4 Å². The van der Waals surface area contributed by atoms with Gasteiger partial charge in [-0.1, -0.05) is 0 Å². The van der Waals surface area contributed by atoms with E-state index in [1.54, 1.807) is 0 Å². The standard InChI is InChI=1S/C20H21F4N3O5/c21-12-2-5-14(6-3-12)29-11-16(28)25-13-4-7-15(30-10-13)17-26-27-18(31-17)19(8-1-9-19)32-20(22,23)24/h2-3,5-6,13,15H,1,4,7-11H2,(H,25,28)/t13-,15+/m1/s1. The normalized spacial score (nSPS) is 22.8. The van der Waals surface area contributed by atoms with Crippen LogP contribution in [0.4, 0.5) is 17.6 Å². The highest BCUT2D eigenvalue weighted by Crippen LogP contribution is 2.48. The fraction of sp³-hybridized carbons (Fsp3) is 0.550. The molecule has 2 aliphatic rings. The average Bonchev–Trinajstić information content (AvgIpc) is 3.21. The van der Waals surface area contributed by atoms with Crippen molar-refractivity contribution in [3.05, 3.63) is 41.9 Å². The van der Waals surface area contributed by atoms with Gasteiger partial charge < -0.3 is 19.2 Å². The molecule has 2 atom stereocenters. The lowest BCUT2D eigenvalue weighted by atomic mass is 9.80. The molecule has 2 fully saturated rings. The van der Waals surface area contributed by atoms with Crippen molar-refractivity contribution in [3.63, 3.8) is 0 Å². The van der Waals surface area contributed by atoms with Gasteiger partial charge in [-0.05, 0) is 56.4 Å². The molecule has 32 heavy (non-hydrogen) atoms. The number of benzene rings is 1. The van der Waals surface area contributed by atoms with Crippen LogP contribution in [0.5, 0.6) is 5.75 Å². The van der Waals surface area contributed by atoms with Crippen molar-refractivity contribution in [2.45, 2.75) is 56.2 Å². The van der Waals surface area contributed by atoms with E-state index in [1.165, 1.54) is 24.3 Å². The summed E-state index contributed by atoms with van der Waals surface area (Å²) < 4.78 is 71.8. The van der Waals surface area contributed by atoms with Crippen molar-refractivity contribution < 1.29 is 41.0 Å². The quantitative estimate of drug-likeness (QED) is 0.633. The molecule has 0 unspecified atom stereocenters. The number of aromatic nitrogens is 2. The summed E-state index contributed by atoms with van der Waals surface area (Å²) in [6.45, 7) is -0.0747. The number of rotatable bonds is 7. The number of nitrogens with zero attached hydrogens (tertiary/aromatic N) is 2. The van der Waals surface area contributed by atoms with E-state index in [1.807, 2.05) is 0 Å². The largest absolute Gasteiger partial charge is 0.523 e. The van der Waals surface area contributed by atoms with Gasteiger partial charge in [0, 0.05) is 0 Å². The monoisotopic (exact) mass is 459 g/mol. The lowest BCUT2D eigenvalue weighted by molar-refractivity contribution is -0.387. The van der Waals surface area contributed by atoms with Gasteiger partial charge in [-0.25, -0.2) is 4.39 Å². The molecular formula is C20H21F4N3O5. The molecule has 2 heterocycles. The average molecular weight is 459 g/mol. The minimum absolute atomic E-state index is 0.0847. The summed E-state index contributed by atoms with van der Waals surface area (Å²) in [5.41, 5.74) is -1.63. The lowest BCUT2D eigenvalue weighted by Crippen LogP contribution is -2.43. The van der Waals surface area contributed by atoms with E-state index >= 15 is 0 Å². The highest BCUT2D eigenvalue weighted by atomic mass is 19.4. The Morgan fingerprint density at radius 2 is 1.94 bits per heavy atom. The Labute approximate surface area is 180 Å². The number of hydrogen-bond donors (Lipinski definition) is 1. The third kappa shape index (κ3) is 5.36. The number of carbonyl (C=O) groups excluding carboxylic acids is 1. The molecule has 2 aromatic rings. The first-order valence-electron chi connectivity index (χ1n) is 10.1. The number of halogens is 4. The molecule has 1 saturated carbocycles. The molecular weight excluding hydrogens is 438 g/mol. The van der Waals surface area contributed by atoms with Gasteiger partial charge in [0.2, 0.25) is 11.8 Å². The Morgan fingerprint density at radius 1 is 1.19 bits per heavy atom. The van der Waals surface area contributed by atoms with Gasteiger partial charge in [0.25, 0.3) is 5.91 Å². The molecule has 0 radical (unpaired) electrons. The molecule has 1 saturated heterocycles. The maximum absolute atomic E-state index is 12.9. The summed E-state index contributed by atoms with van der Waals surface area (Å²) in [4.78, 5) is 12.1. The summed E-state index contributed by atoms with van der Waals surface area (Å²) in [6, 6.07) is 5.02. The van der Waals surface area contributed by atoms with Crippen molar-refractivity contribution in [1.29, 1.82) is 0 Å². The van der Waals surface area contributed by atoms with Crippen LogP contribution in [0.15, 0.2) is 28.7 Å². The van der Waals surface area contributed by atoms with Gasteiger partial charge in [-0.2, -0.15) is 0 Å². The summed E-state index contributed by atoms with van der Waals surface area (Å²) in [7, 11) is 0. The number of carbonyl (C=O) groups is 1. The molecule has 1 aromatic heterocycles. The van der Waals surface area contributed by atoms with E-state index in [2.05, 4.69) is 20.3 Å². The second-order valence-corrected chi connectivity index (χ2v) is 7.75. The van der Waals surface area contributed by atoms with Crippen LogP contribution < -0.4 is 10.1 Å². The molecule has 1 aliphatic carbocycles. The fourth-order valence-electron chi connectivity index (χ4n) is 3.64. The SMILES string of the molecule is O=C(COc1ccc(F)cc1)N[C@@H]1CC[C@@H](c2nnc(C3(OC(F)(F)F)CCC3)o2)OC1. The molecule has 0 spiro atoms.